The molecule has 7 nitrogen and oxygen atoms in total. The molecule has 1 unspecified atom stereocenters. The van der Waals surface area contributed by atoms with Crippen molar-refractivity contribution >= 4 is 39.8 Å². The maximum absolute atomic E-state index is 13.8. The second kappa shape index (κ2) is 12.0. The normalized spacial score (nSPS) is 12.7. The molecule has 0 saturated heterocycles. The van der Waals surface area contributed by atoms with Gasteiger partial charge in [-0.25, -0.2) is 17.5 Å². The zero-order chi connectivity index (χ0) is 22.3. The van der Waals surface area contributed by atoms with E-state index < -0.39 is 15.7 Å². The number of guanidine groups is 1. The highest BCUT2D eigenvalue weighted by Crippen LogP contribution is 2.17. The van der Waals surface area contributed by atoms with Gasteiger partial charge in [0, 0.05) is 18.9 Å². The summed E-state index contributed by atoms with van der Waals surface area (Å²) in [5.41, 5.74) is 1.96. The fourth-order valence-corrected chi connectivity index (χ4v) is 4.25. The Hall–Kier alpha value is -2.47. The van der Waals surface area contributed by atoms with Crippen molar-refractivity contribution in [3.05, 3.63) is 78.4 Å². The van der Waals surface area contributed by atoms with Gasteiger partial charge in [0.25, 0.3) is 0 Å². The Balaban J connectivity index is 0.00000363. The second-order valence-electron chi connectivity index (χ2n) is 6.92. The van der Waals surface area contributed by atoms with Crippen LogP contribution >= 0.6 is 24.0 Å². The molecule has 0 radical (unpaired) electrons. The van der Waals surface area contributed by atoms with Gasteiger partial charge in [0.15, 0.2) is 15.8 Å². The summed E-state index contributed by atoms with van der Waals surface area (Å²) in [4.78, 5) is 4.07. The molecule has 0 bridgehead atoms. The first-order chi connectivity index (χ1) is 14.9. The maximum Gasteiger partial charge on any atom is 0.191 e. The molecular formula is C22H27FIN5O2S. The highest BCUT2D eigenvalue weighted by molar-refractivity contribution is 14.0. The van der Waals surface area contributed by atoms with Gasteiger partial charge < -0.3 is 10.6 Å². The first-order valence-electron chi connectivity index (χ1n) is 10.0. The van der Waals surface area contributed by atoms with Crippen molar-refractivity contribution in [2.24, 2.45) is 4.99 Å². The SMILES string of the molecule is CCNC(=NCCS(=O)(=O)c1ccccc1F)NC(C)c1cccc(-n2cccn2)c1.I. The molecule has 2 aromatic carbocycles. The molecule has 172 valence electrons. The molecule has 32 heavy (non-hydrogen) atoms. The lowest BCUT2D eigenvalue weighted by Crippen LogP contribution is -2.39. The predicted octanol–water partition coefficient (Wildman–Crippen LogP) is 3.72. The molecule has 0 aliphatic heterocycles. The Bertz CT molecular complexity index is 1140. The molecule has 2 N–H and O–H groups in total. The molecular weight excluding hydrogens is 544 g/mol. The number of rotatable bonds is 8. The average molecular weight is 571 g/mol. The third kappa shape index (κ3) is 6.76. The Morgan fingerprint density at radius 1 is 1.19 bits per heavy atom. The van der Waals surface area contributed by atoms with Crippen molar-refractivity contribution < 1.29 is 12.8 Å². The van der Waals surface area contributed by atoms with Crippen LogP contribution in [0.3, 0.4) is 0 Å². The highest BCUT2D eigenvalue weighted by atomic mass is 127. The Labute approximate surface area is 205 Å². The van der Waals surface area contributed by atoms with E-state index in [9.17, 15) is 12.8 Å². The van der Waals surface area contributed by atoms with Gasteiger partial charge in [-0.2, -0.15) is 5.10 Å². The van der Waals surface area contributed by atoms with Crippen LogP contribution in [0.2, 0.25) is 0 Å². The summed E-state index contributed by atoms with van der Waals surface area (Å²) in [6.07, 6.45) is 3.60. The summed E-state index contributed by atoms with van der Waals surface area (Å²) in [6, 6.07) is 15.1. The molecule has 1 atom stereocenters. The second-order valence-corrected chi connectivity index (χ2v) is 9.00. The number of benzene rings is 2. The van der Waals surface area contributed by atoms with Gasteiger partial charge in [0.05, 0.1) is 24.0 Å². The lowest BCUT2D eigenvalue weighted by Gasteiger charge is -2.19. The Morgan fingerprint density at radius 2 is 1.97 bits per heavy atom. The summed E-state index contributed by atoms with van der Waals surface area (Å²) in [5.74, 6) is -0.543. The average Bonchev–Trinajstić information content (AvgIpc) is 3.29. The molecule has 0 saturated carbocycles. The van der Waals surface area contributed by atoms with Crippen LogP contribution in [-0.2, 0) is 9.84 Å². The van der Waals surface area contributed by atoms with Crippen molar-refractivity contribution in [2.75, 3.05) is 18.8 Å². The number of aromatic nitrogens is 2. The van der Waals surface area contributed by atoms with Crippen molar-refractivity contribution in [1.29, 1.82) is 0 Å². The summed E-state index contributed by atoms with van der Waals surface area (Å²) in [7, 11) is -3.76. The van der Waals surface area contributed by atoms with Gasteiger partial charge in [0.1, 0.15) is 10.7 Å². The Kier molecular flexibility index (Phi) is 9.63. The maximum atomic E-state index is 13.8. The number of halogens is 2. The van der Waals surface area contributed by atoms with E-state index in [-0.39, 0.29) is 47.2 Å². The fraction of sp³-hybridized carbons (Fsp3) is 0.273. The van der Waals surface area contributed by atoms with Crippen LogP contribution in [0.4, 0.5) is 4.39 Å². The van der Waals surface area contributed by atoms with E-state index in [4.69, 9.17) is 0 Å². The van der Waals surface area contributed by atoms with Crippen molar-refractivity contribution in [2.45, 2.75) is 24.8 Å². The van der Waals surface area contributed by atoms with E-state index in [1.54, 1.807) is 10.9 Å². The third-order valence-corrected chi connectivity index (χ3v) is 6.36. The van der Waals surface area contributed by atoms with Crippen LogP contribution in [0.15, 0.2) is 76.9 Å². The van der Waals surface area contributed by atoms with Crippen LogP contribution in [0.25, 0.3) is 5.69 Å². The molecule has 1 aromatic heterocycles. The van der Waals surface area contributed by atoms with Crippen LogP contribution in [0.1, 0.15) is 25.5 Å². The topological polar surface area (TPSA) is 88.4 Å². The zero-order valence-corrected chi connectivity index (χ0v) is 21.0. The molecule has 3 aromatic rings. The van der Waals surface area contributed by atoms with Crippen molar-refractivity contribution in [1.82, 2.24) is 20.4 Å². The molecule has 0 aliphatic rings. The molecule has 0 amide bonds. The van der Waals surface area contributed by atoms with Crippen LogP contribution < -0.4 is 10.6 Å². The number of sulfone groups is 1. The van der Waals surface area contributed by atoms with Gasteiger partial charge >= 0.3 is 0 Å². The highest BCUT2D eigenvalue weighted by Gasteiger charge is 2.18. The van der Waals surface area contributed by atoms with Gasteiger partial charge in [-0.3, -0.25) is 4.99 Å². The molecule has 0 fully saturated rings. The summed E-state index contributed by atoms with van der Waals surface area (Å²) >= 11 is 0. The zero-order valence-electron chi connectivity index (χ0n) is 17.9. The smallest absolute Gasteiger partial charge is 0.191 e. The Morgan fingerprint density at radius 3 is 2.66 bits per heavy atom. The van der Waals surface area contributed by atoms with Gasteiger partial charge in [0.2, 0.25) is 0 Å². The monoisotopic (exact) mass is 571 g/mol. The fourth-order valence-electron chi connectivity index (χ4n) is 3.05. The third-order valence-electron chi connectivity index (χ3n) is 4.64. The summed E-state index contributed by atoms with van der Waals surface area (Å²) < 4.78 is 40.5. The standard InChI is InChI=1S/C22H26FN5O2S.HI/c1-3-24-22(25-13-15-31(29,30)21-11-5-4-10-20(21)23)27-17(2)18-8-6-9-19(16-18)28-14-7-12-26-28;/h4-12,14,16-17H,3,13,15H2,1-2H3,(H2,24,25,27);1H. The van der Waals surface area contributed by atoms with Crippen LogP contribution in [-0.4, -0.2) is 43.0 Å². The first kappa shape index (κ1) is 25.8. The van der Waals surface area contributed by atoms with Crippen molar-refractivity contribution in [3.63, 3.8) is 0 Å². The molecule has 0 spiro atoms. The molecule has 0 aliphatic carbocycles. The number of nitrogens with one attached hydrogen (secondary N) is 2. The van der Waals surface area contributed by atoms with E-state index in [1.807, 2.05) is 50.4 Å². The summed E-state index contributed by atoms with van der Waals surface area (Å²) in [6.45, 7) is 4.54. The molecule has 10 heteroatoms. The summed E-state index contributed by atoms with van der Waals surface area (Å²) in [5, 5.41) is 10.6. The van der Waals surface area contributed by atoms with E-state index >= 15 is 0 Å². The van der Waals surface area contributed by atoms with Crippen LogP contribution in [0, 0.1) is 5.82 Å². The van der Waals surface area contributed by atoms with Crippen molar-refractivity contribution in [3.8, 4) is 5.69 Å². The number of hydrogen-bond acceptors (Lipinski definition) is 4. The molecule has 1 heterocycles. The lowest BCUT2D eigenvalue weighted by molar-refractivity contribution is 0.567. The molecule has 3 rings (SSSR count). The van der Waals surface area contributed by atoms with E-state index in [2.05, 4.69) is 20.7 Å². The first-order valence-corrected chi connectivity index (χ1v) is 11.7. The van der Waals surface area contributed by atoms with E-state index in [0.717, 1.165) is 17.3 Å². The predicted molar refractivity (Wildman–Crippen MR) is 135 cm³/mol. The van der Waals surface area contributed by atoms with Gasteiger partial charge in [-0.05, 0) is 49.7 Å². The minimum Gasteiger partial charge on any atom is -0.357 e. The number of nitrogens with zero attached hydrogens (tertiary/aromatic N) is 3. The van der Waals surface area contributed by atoms with E-state index in [0.29, 0.717) is 12.5 Å². The quantitative estimate of drug-likeness (QED) is 0.245. The van der Waals surface area contributed by atoms with Crippen LogP contribution in [0.5, 0.6) is 0 Å². The minimum absolute atomic E-state index is 0. The van der Waals surface area contributed by atoms with Gasteiger partial charge in [-0.1, -0.05) is 24.3 Å². The lowest BCUT2D eigenvalue weighted by atomic mass is 10.1. The number of aliphatic imine (C=N–C) groups is 1. The van der Waals surface area contributed by atoms with E-state index in [1.165, 1.54) is 18.2 Å². The largest absolute Gasteiger partial charge is 0.357 e. The number of hydrogen-bond donors (Lipinski definition) is 2. The van der Waals surface area contributed by atoms with Gasteiger partial charge in [-0.15, -0.1) is 24.0 Å². The minimum atomic E-state index is -3.76.